The molecule has 0 bridgehead atoms. The van der Waals surface area contributed by atoms with E-state index in [0.717, 1.165) is 0 Å². The molecule has 6 nitrogen and oxygen atoms in total. The van der Waals surface area contributed by atoms with Crippen LogP contribution < -0.4 is 11.3 Å². The predicted molar refractivity (Wildman–Crippen MR) is 50.4 cm³/mol. The predicted octanol–water partition coefficient (Wildman–Crippen LogP) is -0.956. The summed E-state index contributed by atoms with van der Waals surface area (Å²) in [7, 11) is 1.49. The molecule has 0 spiro atoms. The molecule has 3 N–H and O–H groups in total. The third kappa shape index (κ3) is 5.87. The summed E-state index contributed by atoms with van der Waals surface area (Å²) in [6, 6.07) is 0. The van der Waals surface area contributed by atoms with E-state index in [2.05, 4.69) is 0 Å². The Labute approximate surface area is 83.7 Å². The van der Waals surface area contributed by atoms with Crippen molar-refractivity contribution in [1.29, 1.82) is 0 Å². The number of hydrogen-bond donors (Lipinski definition) is 2. The SMILES string of the molecule is CCOCCOC(COC)C(=O)NN. The molecular formula is C8H18N2O4. The van der Waals surface area contributed by atoms with E-state index in [1.165, 1.54) is 7.11 Å². The quantitative estimate of drug-likeness (QED) is 0.231. The van der Waals surface area contributed by atoms with Crippen LogP contribution in [-0.2, 0) is 19.0 Å². The van der Waals surface area contributed by atoms with Gasteiger partial charge in [-0.25, -0.2) is 5.84 Å². The maximum Gasteiger partial charge on any atom is 0.265 e. The average Bonchev–Trinajstić information content (AvgIpc) is 2.21. The van der Waals surface area contributed by atoms with Crippen molar-refractivity contribution >= 4 is 5.91 Å². The first kappa shape index (κ1) is 13.3. The highest BCUT2D eigenvalue weighted by Crippen LogP contribution is 1.93. The van der Waals surface area contributed by atoms with Crippen molar-refractivity contribution in [2.45, 2.75) is 13.0 Å². The van der Waals surface area contributed by atoms with Gasteiger partial charge in [0.1, 0.15) is 0 Å². The van der Waals surface area contributed by atoms with Crippen LogP contribution in [0.1, 0.15) is 6.92 Å². The van der Waals surface area contributed by atoms with Gasteiger partial charge in [-0.2, -0.15) is 0 Å². The number of carbonyl (C=O) groups is 1. The molecule has 1 atom stereocenters. The van der Waals surface area contributed by atoms with Crippen molar-refractivity contribution in [2.24, 2.45) is 5.84 Å². The summed E-state index contributed by atoms with van der Waals surface area (Å²) in [5.41, 5.74) is 2.01. The van der Waals surface area contributed by atoms with Crippen LogP contribution in [0.15, 0.2) is 0 Å². The summed E-state index contributed by atoms with van der Waals surface area (Å²) in [5.74, 6) is 4.57. The van der Waals surface area contributed by atoms with Gasteiger partial charge in [-0.3, -0.25) is 10.2 Å². The van der Waals surface area contributed by atoms with Gasteiger partial charge in [-0.1, -0.05) is 0 Å². The number of methoxy groups -OCH3 is 1. The Morgan fingerprint density at radius 3 is 2.71 bits per heavy atom. The van der Waals surface area contributed by atoms with Gasteiger partial charge in [0.25, 0.3) is 5.91 Å². The van der Waals surface area contributed by atoms with Crippen LogP contribution in [0, 0.1) is 0 Å². The Morgan fingerprint density at radius 1 is 1.50 bits per heavy atom. The Balaban J connectivity index is 3.67. The lowest BCUT2D eigenvalue weighted by atomic mass is 10.3. The zero-order chi connectivity index (χ0) is 10.8. The number of hydrogen-bond acceptors (Lipinski definition) is 5. The fourth-order valence-electron chi connectivity index (χ4n) is 0.837. The summed E-state index contributed by atoms with van der Waals surface area (Å²) >= 11 is 0. The van der Waals surface area contributed by atoms with Gasteiger partial charge in [0.15, 0.2) is 6.10 Å². The second-order valence-corrected chi connectivity index (χ2v) is 2.52. The van der Waals surface area contributed by atoms with E-state index in [1.807, 2.05) is 12.3 Å². The van der Waals surface area contributed by atoms with Gasteiger partial charge in [-0.05, 0) is 6.92 Å². The molecular weight excluding hydrogens is 188 g/mol. The number of carbonyl (C=O) groups excluding carboxylic acids is 1. The minimum absolute atomic E-state index is 0.176. The van der Waals surface area contributed by atoms with E-state index in [9.17, 15) is 4.79 Å². The number of rotatable bonds is 8. The molecule has 0 rings (SSSR count). The lowest BCUT2D eigenvalue weighted by Gasteiger charge is -2.14. The van der Waals surface area contributed by atoms with Crippen molar-refractivity contribution in [3.8, 4) is 0 Å². The lowest BCUT2D eigenvalue weighted by molar-refractivity contribution is -0.137. The Kier molecular flexibility index (Phi) is 8.45. The fraction of sp³-hybridized carbons (Fsp3) is 0.875. The molecule has 0 aromatic carbocycles. The number of ether oxygens (including phenoxy) is 3. The summed E-state index contributed by atoms with van der Waals surface area (Å²) in [6.07, 6.45) is -0.676. The van der Waals surface area contributed by atoms with E-state index in [-0.39, 0.29) is 6.61 Å². The zero-order valence-corrected chi connectivity index (χ0v) is 8.62. The molecule has 0 saturated carbocycles. The smallest absolute Gasteiger partial charge is 0.265 e. The second-order valence-electron chi connectivity index (χ2n) is 2.52. The highest BCUT2D eigenvalue weighted by molar-refractivity contribution is 5.80. The van der Waals surface area contributed by atoms with Crippen LogP contribution in [-0.4, -0.2) is 45.5 Å². The van der Waals surface area contributed by atoms with Gasteiger partial charge in [-0.15, -0.1) is 0 Å². The molecule has 6 heteroatoms. The molecule has 0 aliphatic heterocycles. The van der Waals surface area contributed by atoms with Crippen molar-refractivity contribution in [3.05, 3.63) is 0 Å². The molecule has 1 amide bonds. The summed E-state index contributed by atoms with van der Waals surface area (Å²) in [5, 5.41) is 0. The molecule has 0 aromatic rings. The fourth-order valence-corrected chi connectivity index (χ4v) is 0.837. The van der Waals surface area contributed by atoms with Gasteiger partial charge in [0.05, 0.1) is 19.8 Å². The highest BCUT2D eigenvalue weighted by atomic mass is 16.6. The van der Waals surface area contributed by atoms with E-state index in [1.54, 1.807) is 0 Å². The third-order valence-corrected chi connectivity index (χ3v) is 1.50. The maximum absolute atomic E-state index is 11.1. The first-order valence-electron chi connectivity index (χ1n) is 4.45. The topological polar surface area (TPSA) is 82.8 Å². The minimum Gasteiger partial charge on any atom is -0.381 e. The second kappa shape index (κ2) is 8.89. The standard InChI is InChI=1S/C8H18N2O4/c1-3-13-4-5-14-7(6-12-2)8(11)10-9/h7H,3-6,9H2,1-2H3,(H,10,11). The van der Waals surface area contributed by atoms with Crippen molar-refractivity contribution in [1.82, 2.24) is 5.43 Å². The van der Waals surface area contributed by atoms with Gasteiger partial charge < -0.3 is 14.2 Å². The normalized spacial score (nSPS) is 12.5. The molecule has 0 fully saturated rings. The number of nitrogens with one attached hydrogen (secondary N) is 1. The number of nitrogens with two attached hydrogens (primary N) is 1. The molecule has 0 heterocycles. The number of amides is 1. The average molecular weight is 206 g/mol. The zero-order valence-electron chi connectivity index (χ0n) is 8.62. The molecule has 1 unspecified atom stereocenters. The van der Waals surface area contributed by atoms with Crippen LogP contribution in [0.3, 0.4) is 0 Å². The first-order valence-corrected chi connectivity index (χ1v) is 4.45. The molecule has 0 aromatic heterocycles. The Hall–Kier alpha value is -0.690. The van der Waals surface area contributed by atoms with Gasteiger partial charge >= 0.3 is 0 Å². The van der Waals surface area contributed by atoms with Crippen molar-refractivity contribution in [2.75, 3.05) is 33.5 Å². The van der Waals surface area contributed by atoms with Gasteiger partial charge in [0, 0.05) is 13.7 Å². The van der Waals surface area contributed by atoms with E-state index < -0.39 is 12.0 Å². The van der Waals surface area contributed by atoms with Gasteiger partial charge in [0.2, 0.25) is 0 Å². The van der Waals surface area contributed by atoms with E-state index >= 15 is 0 Å². The third-order valence-electron chi connectivity index (χ3n) is 1.50. The molecule has 0 saturated heterocycles. The minimum atomic E-state index is -0.676. The van der Waals surface area contributed by atoms with E-state index in [4.69, 9.17) is 20.1 Å². The molecule has 84 valence electrons. The molecule has 0 aliphatic rings. The van der Waals surface area contributed by atoms with Crippen LogP contribution in [0.4, 0.5) is 0 Å². The van der Waals surface area contributed by atoms with Crippen LogP contribution in [0.25, 0.3) is 0 Å². The maximum atomic E-state index is 11.1. The van der Waals surface area contributed by atoms with E-state index in [0.29, 0.717) is 19.8 Å². The highest BCUT2D eigenvalue weighted by Gasteiger charge is 2.17. The molecule has 0 aliphatic carbocycles. The largest absolute Gasteiger partial charge is 0.381 e. The summed E-state index contributed by atoms with van der Waals surface area (Å²) in [4.78, 5) is 11.1. The van der Waals surface area contributed by atoms with Crippen LogP contribution in [0.5, 0.6) is 0 Å². The Morgan fingerprint density at radius 2 is 2.21 bits per heavy atom. The Bertz CT molecular complexity index is 154. The monoisotopic (exact) mass is 206 g/mol. The first-order chi connectivity index (χ1) is 6.76. The summed E-state index contributed by atoms with van der Waals surface area (Å²) in [6.45, 7) is 3.49. The summed E-state index contributed by atoms with van der Waals surface area (Å²) < 4.78 is 15.0. The molecule has 0 radical (unpaired) electrons. The molecule has 14 heavy (non-hydrogen) atoms. The van der Waals surface area contributed by atoms with Crippen LogP contribution >= 0.6 is 0 Å². The number of hydrazine groups is 1. The lowest BCUT2D eigenvalue weighted by Crippen LogP contribution is -2.43. The van der Waals surface area contributed by atoms with Crippen molar-refractivity contribution < 1.29 is 19.0 Å². The van der Waals surface area contributed by atoms with Crippen LogP contribution in [0.2, 0.25) is 0 Å². The van der Waals surface area contributed by atoms with Crippen molar-refractivity contribution in [3.63, 3.8) is 0 Å².